The number of nitrogens with one attached hydrogen (secondary N) is 1. The molecule has 20 heavy (non-hydrogen) atoms. The number of sulfonamides is 1. The molecule has 2 rings (SSSR count). The van der Waals surface area contributed by atoms with Crippen LogP contribution in [0.25, 0.3) is 0 Å². The first-order valence-corrected chi connectivity index (χ1v) is 7.48. The third-order valence-corrected chi connectivity index (χ3v) is 4.00. The monoisotopic (exact) mass is 290 g/mol. The Kier molecular flexibility index (Phi) is 3.77. The number of nitrogens with zero attached hydrogens (tertiary/aromatic N) is 3. The van der Waals surface area contributed by atoms with Gasteiger partial charge in [-0.1, -0.05) is 6.07 Å². The van der Waals surface area contributed by atoms with E-state index in [1.807, 2.05) is 19.9 Å². The molecule has 0 aliphatic carbocycles. The van der Waals surface area contributed by atoms with E-state index in [0.717, 1.165) is 0 Å². The number of hydrogen-bond acceptors (Lipinski definition) is 4. The molecule has 0 unspecified atom stereocenters. The molecule has 2 aromatic rings. The van der Waals surface area contributed by atoms with Crippen molar-refractivity contribution in [3.8, 4) is 6.07 Å². The first-order chi connectivity index (χ1) is 9.42. The Morgan fingerprint density at radius 2 is 2.15 bits per heavy atom. The SMILES string of the molecule is CC(C)n1cc(S(=O)(=O)Nc2cccc(C#N)c2)cn1. The first kappa shape index (κ1) is 14.1. The van der Waals surface area contributed by atoms with Crippen LogP contribution in [-0.4, -0.2) is 18.2 Å². The molecule has 104 valence electrons. The van der Waals surface area contributed by atoms with Crippen molar-refractivity contribution in [2.24, 2.45) is 0 Å². The Labute approximate surface area is 117 Å². The van der Waals surface area contributed by atoms with Crippen molar-refractivity contribution >= 4 is 15.7 Å². The molecule has 0 amide bonds. The second-order valence-corrected chi connectivity index (χ2v) is 6.23. The number of aromatic nitrogens is 2. The summed E-state index contributed by atoms with van der Waals surface area (Å²) in [5, 5.41) is 12.8. The highest BCUT2D eigenvalue weighted by Gasteiger charge is 2.17. The minimum Gasteiger partial charge on any atom is -0.279 e. The molecule has 7 heteroatoms. The van der Waals surface area contributed by atoms with Crippen molar-refractivity contribution in [1.82, 2.24) is 9.78 Å². The Hall–Kier alpha value is -2.33. The quantitative estimate of drug-likeness (QED) is 0.934. The highest BCUT2D eigenvalue weighted by Crippen LogP contribution is 2.17. The Morgan fingerprint density at radius 1 is 1.40 bits per heavy atom. The lowest BCUT2D eigenvalue weighted by molar-refractivity contribution is 0.531. The molecule has 0 aliphatic rings. The molecule has 1 N–H and O–H groups in total. The fourth-order valence-electron chi connectivity index (χ4n) is 1.61. The van der Waals surface area contributed by atoms with Gasteiger partial charge in [0.05, 0.1) is 23.5 Å². The average molecular weight is 290 g/mol. The summed E-state index contributed by atoms with van der Waals surface area (Å²) in [5.74, 6) is 0. The lowest BCUT2D eigenvalue weighted by Crippen LogP contribution is -2.12. The van der Waals surface area contributed by atoms with E-state index >= 15 is 0 Å². The van der Waals surface area contributed by atoms with Gasteiger partial charge in [0.15, 0.2) is 0 Å². The molecule has 1 aromatic heterocycles. The molecule has 0 saturated heterocycles. The van der Waals surface area contributed by atoms with E-state index in [2.05, 4.69) is 9.82 Å². The van der Waals surface area contributed by atoms with E-state index < -0.39 is 10.0 Å². The van der Waals surface area contributed by atoms with E-state index in [1.54, 1.807) is 22.9 Å². The zero-order valence-electron chi connectivity index (χ0n) is 11.1. The van der Waals surface area contributed by atoms with E-state index in [0.29, 0.717) is 11.3 Å². The van der Waals surface area contributed by atoms with Crippen LogP contribution in [0.3, 0.4) is 0 Å². The zero-order valence-corrected chi connectivity index (χ0v) is 11.9. The Morgan fingerprint density at radius 3 is 2.75 bits per heavy atom. The summed E-state index contributed by atoms with van der Waals surface area (Å²) in [5.41, 5.74) is 0.740. The fraction of sp³-hybridized carbons (Fsp3) is 0.231. The highest BCUT2D eigenvalue weighted by atomic mass is 32.2. The standard InChI is InChI=1S/C13H14N4O2S/c1-10(2)17-9-13(8-15-17)20(18,19)16-12-5-3-4-11(6-12)7-14/h3-6,8-10,16H,1-2H3. The van der Waals surface area contributed by atoms with Crippen LogP contribution in [0.1, 0.15) is 25.5 Å². The Bertz CT molecular complexity index is 757. The highest BCUT2D eigenvalue weighted by molar-refractivity contribution is 7.92. The van der Waals surface area contributed by atoms with E-state index in [9.17, 15) is 8.42 Å². The third kappa shape index (κ3) is 2.97. The van der Waals surface area contributed by atoms with Crippen LogP contribution in [0, 0.1) is 11.3 Å². The number of benzene rings is 1. The van der Waals surface area contributed by atoms with Crippen molar-refractivity contribution in [2.45, 2.75) is 24.8 Å². The average Bonchev–Trinajstić information content (AvgIpc) is 2.89. The molecule has 6 nitrogen and oxygen atoms in total. The van der Waals surface area contributed by atoms with Crippen molar-refractivity contribution in [1.29, 1.82) is 5.26 Å². The van der Waals surface area contributed by atoms with Crippen LogP contribution in [0.4, 0.5) is 5.69 Å². The lowest BCUT2D eigenvalue weighted by Gasteiger charge is -2.06. The van der Waals surface area contributed by atoms with Crippen molar-refractivity contribution in [3.05, 3.63) is 42.2 Å². The van der Waals surface area contributed by atoms with Crippen molar-refractivity contribution in [3.63, 3.8) is 0 Å². The molecule has 0 spiro atoms. The molecule has 0 saturated carbocycles. The summed E-state index contributed by atoms with van der Waals surface area (Å²) in [6.45, 7) is 3.82. The van der Waals surface area contributed by atoms with Crippen LogP contribution in [0.5, 0.6) is 0 Å². The summed E-state index contributed by atoms with van der Waals surface area (Å²) in [4.78, 5) is 0.0913. The molecule has 0 bridgehead atoms. The van der Waals surface area contributed by atoms with Gasteiger partial charge in [-0.25, -0.2) is 8.42 Å². The molecule has 0 fully saturated rings. The minimum atomic E-state index is -3.69. The number of nitriles is 1. The number of rotatable bonds is 4. The molecule has 0 atom stereocenters. The normalized spacial score (nSPS) is 11.3. The summed E-state index contributed by atoms with van der Waals surface area (Å²) in [6.07, 6.45) is 2.78. The molecule has 1 aromatic carbocycles. The fourth-order valence-corrected chi connectivity index (χ4v) is 2.60. The van der Waals surface area contributed by atoms with Crippen LogP contribution in [-0.2, 0) is 10.0 Å². The van der Waals surface area contributed by atoms with Crippen LogP contribution in [0.2, 0.25) is 0 Å². The predicted octanol–water partition coefficient (Wildman–Crippen LogP) is 2.14. The predicted molar refractivity (Wildman–Crippen MR) is 74.6 cm³/mol. The maximum Gasteiger partial charge on any atom is 0.265 e. The van der Waals surface area contributed by atoms with Gasteiger partial charge in [-0.05, 0) is 32.0 Å². The summed E-state index contributed by atoms with van der Waals surface area (Å²) >= 11 is 0. The number of anilines is 1. The topological polar surface area (TPSA) is 87.8 Å². The van der Waals surface area contributed by atoms with Gasteiger partial charge in [0.25, 0.3) is 10.0 Å². The van der Waals surface area contributed by atoms with Crippen molar-refractivity contribution in [2.75, 3.05) is 4.72 Å². The van der Waals surface area contributed by atoms with Crippen molar-refractivity contribution < 1.29 is 8.42 Å². The van der Waals surface area contributed by atoms with Gasteiger partial charge < -0.3 is 0 Å². The minimum absolute atomic E-state index is 0.0841. The molecule has 0 aliphatic heterocycles. The molecular formula is C13H14N4O2S. The summed E-state index contributed by atoms with van der Waals surface area (Å²) in [6, 6.07) is 8.33. The maximum atomic E-state index is 12.2. The lowest BCUT2D eigenvalue weighted by atomic mass is 10.2. The Balaban J connectivity index is 2.28. The smallest absolute Gasteiger partial charge is 0.265 e. The van der Waals surface area contributed by atoms with E-state index in [-0.39, 0.29) is 10.9 Å². The third-order valence-electron chi connectivity index (χ3n) is 2.66. The summed E-state index contributed by atoms with van der Waals surface area (Å²) in [7, 11) is -3.69. The van der Waals surface area contributed by atoms with Gasteiger partial charge in [-0.2, -0.15) is 10.4 Å². The summed E-state index contributed by atoms with van der Waals surface area (Å²) < 4.78 is 28.4. The van der Waals surface area contributed by atoms with E-state index in [1.165, 1.54) is 18.5 Å². The zero-order chi connectivity index (χ0) is 14.8. The maximum absolute atomic E-state index is 12.2. The molecule has 1 heterocycles. The van der Waals surface area contributed by atoms with Crippen LogP contribution in [0.15, 0.2) is 41.6 Å². The van der Waals surface area contributed by atoms with Crippen LogP contribution < -0.4 is 4.72 Å². The van der Waals surface area contributed by atoms with Gasteiger partial charge in [0.1, 0.15) is 4.90 Å². The second-order valence-electron chi connectivity index (χ2n) is 4.55. The van der Waals surface area contributed by atoms with Crippen LogP contribution >= 0.6 is 0 Å². The van der Waals surface area contributed by atoms with E-state index in [4.69, 9.17) is 5.26 Å². The van der Waals surface area contributed by atoms with Gasteiger partial charge >= 0.3 is 0 Å². The second kappa shape index (κ2) is 5.35. The largest absolute Gasteiger partial charge is 0.279 e. The first-order valence-electron chi connectivity index (χ1n) is 5.99. The van der Waals surface area contributed by atoms with Gasteiger partial charge in [-0.15, -0.1) is 0 Å². The molecule has 0 radical (unpaired) electrons. The molecular weight excluding hydrogens is 276 g/mol. The van der Waals surface area contributed by atoms with Gasteiger partial charge in [0.2, 0.25) is 0 Å². The number of hydrogen-bond donors (Lipinski definition) is 1. The van der Waals surface area contributed by atoms with Gasteiger partial charge in [0, 0.05) is 12.2 Å². The van der Waals surface area contributed by atoms with Gasteiger partial charge in [-0.3, -0.25) is 9.40 Å².